The highest BCUT2D eigenvalue weighted by molar-refractivity contribution is 7.91. The maximum absolute atomic E-state index is 12.1. The molecule has 2 atom stereocenters. The van der Waals surface area contributed by atoms with E-state index in [0.717, 1.165) is 5.56 Å². The van der Waals surface area contributed by atoms with Crippen LogP contribution in [0.5, 0.6) is 0 Å². The molecule has 1 aromatic carbocycles. The number of nitrogens with one attached hydrogen (secondary N) is 1. The molecule has 1 heterocycles. The molecule has 1 aliphatic heterocycles. The fraction of sp³-hybridized carbons (Fsp3) is 0.500. The van der Waals surface area contributed by atoms with Gasteiger partial charge in [-0.25, -0.2) is 8.42 Å². The van der Waals surface area contributed by atoms with E-state index in [9.17, 15) is 13.2 Å². The molecule has 0 radical (unpaired) electrons. The number of carbonyl (C=O) groups excluding carboxylic acids is 1. The Bertz CT molecular complexity index is 586. The zero-order valence-corrected chi connectivity index (χ0v) is 12.3. The van der Waals surface area contributed by atoms with Gasteiger partial charge < -0.3 is 11.1 Å². The summed E-state index contributed by atoms with van der Waals surface area (Å²) in [6, 6.07) is 8.84. The van der Waals surface area contributed by atoms with E-state index in [1.165, 1.54) is 0 Å². The van der Waals surface area contributed by atoms with Crippen LogP contribution >= 0.6 is 0 Å². The molecule has 0 bridgehead atoms. The normalized spacial score (nSPS) is 26.1. The van der Waals surface area contributed by atoms with Crippen molar-refractivity contribution in [2.24, 2.45) is 5.73 Å². The summed E-state index contributed by atoms with van der Waals surface area (Å²) in [6.07, 6.45) is 0.884. The van der Waals surface area contributed by atoms with Crippen molar-refractivity contribution in [3.8, 4) is 0 Å². The lowest BCUT2D eigenvalue weighted by atomic mass is 10.00. The summed E-state index contributed by atoms with van der Waals surface area (Å²) in [5, 5.41) is 2.79. The first kappa shape index (κ1) is 15.0. The summed E-state index contributed by atoms with van der Waals surface area (Å²) in [7, 11) is -3.04. The maximum atomic E-state index is 12.1. The van der Waals surface area contributed by atoms with E-state index in [2.05, 4.69) is 5.32 Å². The summed E-state index contributed by atoms with van der Waals surface area (Å²) in [4.78, 5) is 12.1. The molecule has 6 heteroatoms. The summed E-state index contributed by atoms with van der Waals surface area (Å²) in [5.41, 5.74) is 6.19. The van der Waals surface area contributed by atoms with Gasteiger partial charge in [0.1, 0.15) is 0 Å². The topological polar surface area (TPSA) is 89.3 Å². The lowest BCUT2D eigenvalue weighted by Gasteiger charge is -2.26. The standard InChI is InChI=1S/C14H20N2O3S/c1-14(7-8-20(18,19)10-14)16-13(17)12(15)9-11-5-3-2-4-6-11/h2-6,12H,7-10,15H2,1H3,(H,16,17)/t12-,14?/m0/s1. The van der Waals surface area contributed by atoms with Gasteiger partial charge in [-0.1, -0.05) is 30.3 Å². The van der Waals surface area contributed by atoms with Crippen molar-refractivity contribution in [3.63, 3.8) is 0 Å². The molecule has 1 aromatic rings. The Morgan fingerprint density at radius 3 is 2.60 bits per heavy atom. The SMILES string of the molecule is CC1(NC(=O)[C@@H](N)Cc2ccccc2)CCS(=O)(=O)C1. The van der Waals surface area contributed by atoms with Crippen molar-refractivity contribution in [2.75, 3.05) is 11.5 Å². The summed E-state index contributed by atoms with van der Waals surface area (Å²) in [6.45, 7) is 1.75. The highest BCUT2D eigenvalue weighted by atomic mass is 32.2. The van der Waals surface area contributed by atoms with Gasteiger partial charge in [-0.15, -0.1) is 0 Å². The number of hydrogen-bond acceptors (Lipinski definition) is 4. The zero-order valence-electron chi connectivity index (χ0n) is 11.5. The molecule has 0 aliphatic carbocycles. The first-order valence-electron chi connectivity index (χ1n) is 6.62. The van der Waals surface area contributed by atoms with Gasteiger partial charge in [0, 0.05) is 0 Å². The molecule has 1 aliphatic rings. The molecule has 5 nitrogen and oxygen atoms in total. The largest absolute Gasteiger partial charge is 0.349 e. The van der Waals surface area contributed by atoms with E-state index in [1.807, 2.05) is 30.3 Å². The first-order valence-corrected chi connectivity index (χ1v) is 8.44. The molecule has 1 saturated heterocycles. The molecule has 1 fully saturated rings. The number of carbonyl (C=O) groups is 1. The first-order chi connectivity index (χ1) is 9.30. The molecular weight excluding hydrogens is 276 g/mol. The highest BCUT2D eigenvalue weighted by Gasteiger charge is 2.40. The second-order valence-electron chi connectivity index (χ2n) is 5.69. The van der Waals surface area contributed by atoms with Gasteiger partial charge in [0.15, 0.2) is 9.84 Å². The molecule has 20 heavy (non-hydrogen) atoms. The Balaban J connectivity index is 1.95. The monoisotopic (exact) mass is 296 g/mol. The Kier molecular flexibility index (Phi) is 4.15. The molecule has 1 unspecified atom stereocenters. The van der Waals surface area contributed by atoms with Crippen molar-refractivity contribution in [1.82, 2.24) is 5.32 Å². The third kappa shape index (κ3) is 3.80. The van der Waals surface area contributed by atoms with Gasteiger partial charge in [0.2, 0.25) is 5.91 Å². The van der Waals surface area contributed by atoms with Crippen molar-refractivity contribution < 1.29 is 13.2 Å². The van der Waals surface area contributed by atoms with E-state index in [0.29, 0.717) is 12.8 Å². The minimum absolute atomic E-state index is 0.0101. The second-order valence-corrected chi connectivity index (χ2v) is 7.87. The number of sulfone groups is 1. The zero-order chi connectivity index (χ0) is 14.8. The van der Waals surface area contributed by atoms with Gasteiger partial charge in [0.25, 0.3) is 0 Å². The number of nitrogens with two attached hydrogens (primary N) is 1. The fourth-order valence-corrected chi connectivity index (χ4v) is 4.55. The Morgan fingerprint density at radius 2 is 2.05 bits per heavy atom. The fourth-order valence-electron chi connectivity index (χ4n) is 2.46. The van der Waals surface area contributed by atoms with Gasteiger partial charge in [-0.2, -0.15) is 0 Å². The third-order valence-corrected chi connectivity index (χ3v) is 5.47. The van der Waals surface area contributed by atoms with Crippen molar-refractivity contribution in [1.29, 1.82) is 0 Å². The van der Waals surface area contributed by atoms with Gasteiger partial charge in [-0.05, 0) is 25.3 Å². The Labute approximate surface area is 119 Å². The number of hydrogen-bond donors (Lipinski definition) is 2. The lowest BCUT2D eigenvalue weighted by Crippen LogP contribution is -2.53. The second kappa shape index (κ2) is 5.54. The average molecular weight is 296 g/mol. The summed E-state index contributed by atoms with van der Waals surface area (Å²) < 4.78 is 23.0. The van der Waals surface area contributed by atoms with E-state index >= 15 is 0 Å². The number of rotatable bonds is 4. The third-order valence-electron chi connectivity index (χ3n) is 3.56. The van der Waals surface area contributed by atoms with Gasteiger partial charge in [-0.3, -0.25) is 4.79 Å². The van der Waals surface area contributed by atoms with Crippen LogP contribution in [-0.4, -0.2) is 37.4 Å². The Morgan fingerprint density at radius 1 is 1.40 bits per heavy atom. The van der Waals surface area contributed by atoms with Crippen molar-refractivity contribution in [3.05, 3.63) is 35.9 Å². The Hall–Kier alpha value is -1.40. The smallest absolute Gasteiger partial charge is 0.237 e. The molecule has 3 N–H and O–H groups in total. The number of benzene rings is 1. The molecular formula is C14H20N2O3S. The molecule has 110 valence electrons. The van der Waals surface area contributed by atoms with Crippen LogP contribution in [0.2, 0.25) is 0 Å². The van der Waals surface area contributed by atoms with Crippen LogP contribution < -0.4 is 11.1 Å². The van der Waals surface area contributed by atoms with Crippen molar-refractivity contribution >= 4 is 15.7 Å². The number of amides is 1. The van der Waals surface area contributed by atoms with E-state index < -0.39 is 21.4 Å². The van der Waals surface area contributed by atoms with Crippen LogP contribution in [0.15, 0.2) is 30.3 Å². The van der Waals surface area contributed by atoms with Crippen molar-refractivity contribution in [2.45, 2.75) is 31.3 Å². The maximum Gasteiger partial charge on any atom is 0.237 e. The van der Waals surface area contributed by atoms with Crippen LogP contribution in [0.1, 0.15) is 18.9 Å². The van der Waals surface area contributed by atoms with Crippen LogP contribution in [0.25, 0.3) is 0 Å². The molecule has 0 spiro atoms. The van der Waals surface area contributed by atoms with Crippen LogP contribution in [0, 0.1) is 0 Å². The van der Waals surface area contributed by atoms with Crippen LogP contribution in [0.3, 0.4) is 0 Å². The lowest BCUT2D eigenvalue weighted by molar-refractivity contribution is -0.123. The van der Waals surface area contributed by atoms with Gasteiger partial charge >= 0.3 is 0 Å². The van der Waals surface area contributed by atoms with E-state index in [-0.39, 0.29) is 17.4 Å². The minimum Gasteiger partial charge on any atom is -0.349 e. The van der Waals surface area contributed by atoms with Crippen LogP contribution in [-0.2, 0) is 21.1 Å². The quantitative estimate of drug-likeness (QED) is 0.833. The van der Waals surface area contributed by atoms with E-state index in [4.69, 9.17) is 5.73 Å². The highest BCUT2D eigenvalue weighted by Crippen LogP contribution is 2.22. The predicted molar refractivity (Wildman–Crippen MR) is 77.9 cm³/mol. The molecule has 2 rings (SSSR count). The average Bonchev–Trinajstić information content (AvgIpc) is 2.64. The van der Waals surface area contributed by atoms with E-state index in [1.54, 1.807) is 6.92 Å². The molecule has 0 aromatic heterocycles. The molecule has 0 saturated carbocycles. The molecule has 1 amide bonds. The van der Waals surface area contributed by atoms with Crippen LogP contribution in [0.4, 0.5) is 0 Å². The predicted octanol–water partition coefficient (Wildman–Crippen LogP) is 0.250. The van der Waals surface area contributed by atoms with Gasteiger partial charge in [0.05, 0.1) is 23.1 Å². The minimum atomic E-state index is -3.04. The summed E-state index contributed by atoms with van der Waals surface area (Å²) in [5.74, 6) is -0.185. The summed E-state index contributed by atoms with van der Waals surface area (Å²) >= 11 is 0.